The molecule has 0 aliphatic heterocycles. The molecule has 0 radical (unpaired) electrons. The summed E-state index contributed by atoms with van der Waals surface area (Å²) >= 11 is 0. The van der Waals surface area contributed by atoms with Gasteiger partial charge in [0.05, 0.1) is 6.61 Å². The van der Waals surface area contributed by atoms with E-state index in [9.17, 15) is 14.2 Å². The van der Waals surface area contributed by atoms with Crippen molar-refractivity contribution in [2.24, 2.45) is 0 Å². The van der Waals surface area contributed by atoms with Crippen LogP contribution >= 0.6 is 7.82 Å². The molecule has 0 aromatic heterocycles. The van der Waals surface area contributed by atoms with Gasteiger partial charge in [0.25, 0.3) is 0 Å². The van der Waals surface area contributed by atoms with Crippen LogP contribution < -0.4 is 0 Å². The van der Waals surface area contributed by atoms with Gasteiger partial charge in [0.1, 0.15) is 6.61 Å². The van der Waals surface area contributed by atoms with E-state index in [4.69, 9.17) is 19.3 Å². The van der Waals surface area contributed by atoms with Crippen LogP contribution in [0.15, 0.2) is 24.3 Å². The summed E-state index contributed by atoms with van der Waals surface area (Å²) in [5.74, 6) is -0.876. The highest BCUT2D eigenvalue weighted by Gasteiger charge is 2.23. The highest BCUT2D eigenvalue weighted by Crippen LogP contribution is 2.36. The number of phosphoric acid groups is 1. The van der Waals surface area contributed by atoms with Gasteiger partial charge in [0, 0.05) is 12.8 Å². The largest absolute Gasteiger partial charge is 0.469 e. The van der Waals surface area contributed by atoms with Crippen LogP contribution in [0.5, 0.6) is 0 Å². The molecule has 0 rings (SSSR count). The maximum Gasteiger partial charge on any atom is 0.469 e. The van der Waals surface area contributed by atoms with Crippen LogP contribution in [0, 0.1) is 0 Å². The Morgan fingerprint density at radius 3 is 1.05 bits per heavy atom. The molecule has 0 saturated heterocycles. The van der Waals surface area contributed by atoms with Crippen molar-refractivity contribution in [2.75, 3.05) is 13.2 Å². The smallest absolute Gasteiger partial charge is 0.462 e. The molecular weight excluding hydrogens is 748 g/mol. The fourth-order valence-electron chi connectivity index (χ4n) is 7.25. The van der Waals surface area contributed by atoms with Gasteiger partial charge in [0.15, 0.2) is 6.10 Å². The Kier molecular flexibility index (Phi) is 43.9. The van der Waals surface area contributed by atoms with Gasteiger partial charge in [-0.05, 0) is 64.2 Å². The first-order valence-corrected chi connectivity index (χ1v) is 26.2. The van der Waals surface area contributed by atoms with Crippen LogP contribution in [0.25, 0.3) is 0 Å². The topological polar surface area (TPSA) is 119 Å². The molecule has 0 aromatic rings. The van der Waals surface area contributed by atoms with E-state index in [1.165, 1.54) is 186 Å². The summed E-state index contributed by atoms with van der Waals surface area (Å²) in [4.78, 5) is 43.0. The number of hydrogen-bond acceptors (Lipinski definition) is 6. The first-order chi connectivity index (χ1) is 28.3. The highest BCUT2D eigenvalue weighted by atomic mass is 31.2. The number of unbranched alkanes of at least 4 members (excludes halogenated alkanes) is 32. The first-order valence-electron chi connectivity index (χ1n) is 24.6. The number of esters is 2. The lowest BCUT2D eigenvalue weighted by Gasteiger charge is -2.18. The summed E-state index contributed by atoms with van der Waals surface area (Å²) in [6.07, 6.45) is 53.3. The quantitative estimate of drug-likeness (QED) is 0.0269. The number of carbonyl (C=O) groups is 2. The SMILES string of the molecule is CCCCCCCC/C=C\CCCCCCCCCCCCCC(=O)O[C@H](COC(=O)CCCCCCCCCCC/C=C\CCCCCCCC)COP(=O)(O)O. The molecule has 8 nitrogen and oxygen atoms in total. The standard InChI is InChI=1S/C49H93O8P/c1-3-5-7-9-11-13-15-17-19-21-23-24-26-28-30-32-34-36-38-40-42-44-49(51)57-47(46-56-58(52,53)54)45-55-48(50)43-41-39-37-35-33-31-29-27-25-22-20-18-16-14-12-10-8-6-4-2/h17-20,47H,3-16,21-46H2,1-2H3,(H2,52,53,54)/b19-17-,20-18-/t47-/m1/s1. The predicted molar refractivity (Wildman–Crippen MR) is 244 cm³/mol. The molecule has 0 aliphatic rings. The van der Waals surface area contributed by atoms with E-state index in [1.807, 2.05) is 0 Å². The molecule has 0 amide bonds. The minimum atomic E-state index is -4.76. The minimum absolute atomic E-state index is 0.214. The van der Waals surface area contributed by atoms with E-state index in [1.54, 1.807) is 0 Å². The Morgan fingerprint density at radius 2 is 0.724 bits per heavy atom. The fraction of sp³-hybridized carbons (Fsp3) is 0.878. The molecule has 58 heavy (non-hydrogen) atoms. The van der Waals surface area contributed by atoms with Crippen molar-refractivity contribution < 1.29 is 37.9 Å². The van der Waals surface area contributed by atoms with Gasteiger partial charge in [-0.3, -0.25) is 14.1 Å². The summed E-state index contributed by atoms with van der Waals surface area (Å²) in [5, 5.41) is 0. The second-order valence-electron chi connectivity index (χ2n) is 16.8. The van der Waals surface area contributed by atoms with Crippen molar-refractivity contribution in [1.29, 1.82) is 0 Å². The zero-order valence-corrected chi connectivity index (χ0v) is 38.9. The summed E-state index contributed by atoms with van der Waals surface area (Å²) in [5.41, 5.74) is 0. The monoisotopic (exact) mass is 841 g/mol. The Labute approximate surface area is 358 Å². The van der Waals surface area contributed by atoms with Crippen LogP contribution in [0.4, 0.5) is 0 Å². The van der Waals surface area contributed by atoms with Crippen LogP contribution in [0.1, 0.15) is 258 Å². The number of hydrogen-bond donors (Lipinski definition) is 2. The van der Waals surface area contributed by atoms with E-state index >= 15 is 0 Å². The van der Waals surface area contributed by atoms with Gasteiger partial charge >= 0.3 is 19.8 Å². The van der Waals surface area contributed by atoms with E-state index in [2.05, 4.69) is 42.7 Å². The number of ether oxygens (including phenoxy) is 2. The van der Waals surface area contributed by atoms with Crippen molar-refractivity contribution in [1.82, 2.24) is 0 Å². The molecule has 0 saturated carbocycles. The lowest BCUT2D eigenvalue weighted by molar-refractivity contribution is -0.161. The van der Waals surface area contributed by atoms with Gasteiger partial charge in [-0.15, -0.1) is 0 Å². The molecule has 0 bridgehead atoms. The van der Waals surface area contributed by atoms with Crippen molar-refractivity contribution in [3.63, 3.8) is 0 Å². The third-order valence-corrected chi connectivity index (χ3v) is 11.4. The fourth-order valence-corrected chi connectivity index (χ4v) is 7.61. The second-order valence-corrected chi connectivity index (χ2v) is 18.0. The van der Waals surface area contributed by atoms with Gasteiger partial charge in [0.2, 0.25) is 0 Å². The molecule has 0 aromatic carbocycles. The number of allylic oxidation sites excluding steroid dienone is 4. The van der Waals surface area contributed by atoms with Gasteiger partial charge in [-0.1, -0.05) is 205 Å². The summed E-state index contributed by atoms with van der Waals surface area (Å²) in [6, 6.07) is 0. The van der Waals surface area contributed by atoms with Gasteiger partial charge in [-0.2, -0.15) is 0 Å². The third-order valence-electron chi connectivity index (χ3n) is 10.9. The Morgan fingerprint density at radius 1 is 0.431 bits per heavy atom. The predicted octanol–water partition coefficient (Wildman–Crippen LogP) is 15.5. The van der Waals surface area contributed by atoms with Gasteiger partial charge in [-0.25, -0.2) is 4.57 Å². The molecule has 0 fully saturated rings. The molecule has 0 heterocycles. The Bertz CT molecular complexity index is 993. The average molecular weight is 841 g/mol. The van der Waals surface area contributed by atoms with Crippen LogP contribution in [0.2, 0.25) is 0 Å². The minimum Gasteiger partial charge on any atom is -0.462 e. The van der Waals surface area contributed by atoms with Gasteiger partial charge < -0.3 is 19.3 Å². The van der Waals surface area contributed by atoms with Crippen molar-refractivity contribution in [2.45, 2.75) is 264 Å². The molecular formula is C49H93O8P. The Hall–Kier alpha value is -1.47. The third kappa shape index (κ3) is 47.2. The van der Waals surface area contributed by atoms with Crippen LogP contribution in [-0.2, 0) is 28.2 Å². The molecule has 342 valence electrons. The molecule has 0 unspecified atom stereocenters. The summed E-state index contributed by atoms with van der Waals surface area (Å²) < 4.78 is 26.5. The molecule has 0 spiro atoms. The Balaban J connectivity index is 3.82. The van der Waals surface area contributed by atoms with E-state index in [0.29, 0.717) is 6.42 Å². The van der Waals surface area contributed by atoms with E-state index < -0.39 is 32.5 Å². The molecule has 0 aliphatic carbocycles. The van der Waals surface area contributed by atoms with Crippen LogP contribution in [-0.4, -0.2) is 41.0 Å². The molecule has 1 atom stereocenters. The van der Waals surface area contributed by atoms with Crippen molar-refractivity contribution in [3.8, 4) is 0 Å². The second kappa shape index (κ2) is 45.1. The number of phosphoric ester groups is 1. The van der Waals surface area contributed by atoms with E-state index in [-0.39, 0.29) is 19.4 Å². The normalized spacial score (nSPS) is 12.6. The van der Waals surface area contributed by atoms with Crippen LogP contribution in [0.3, 0.4) is 0 Å². The highest BCUT2D eigenvalue weighted by molar-refractivity contribution is 7.46. The van der Waals surface area contributed by atoms with E-state index in [0.717, 1.165) is 38.5 Å². The van der Waals surface area contributed by atoms with Crippen molar-refractivity contribution in [3.05, 3.63) is 24.3 Å². The zero-order valence-electron chi connectivity index (χ0n) is 38.0. The maximum absolute atomic E-state index is 12.5. The summed E-state index contributed by atoms with van der Waals surface area (Å²) in [7, 11) is -4.76. The lowest BCUT2D eigenvalue weighted by Crippen LogP contribution is -2.29. The molecule has 9 heteroatoms. The maximum atomic E-state index is 12.5. The van der Waals surface area contributed by atoms with Crippen molar-refractivity contribution >= 4 is 19.8 Å². The number of rotatable bonds is 46. The summed E-state index contributed by atoms with van der Waals surface area (Å²) in [6.45, 7) is 3.72. The zero-order chi connectivity index (χ0) is 42.5. The molecule has 2 N–H and O–H groups in total. The average Bonchev–Trinajstić information content (AvgIpc) is 3.20. The number of carbonyl (C=O) groups excluding carboxylic acids is 2. The lowest BCUT2D eigenvalue weighted by atomic mass is 10.0. The first kappa shape index (κ1) is 56.5.